The molecule has 0 radical (unpaired) electrons. The quantitative estimate of drug-likeness (QED) is 0.657. The van der Waals surface area contributed by atoms with Gasteiger partial charge in [-0.25, -0.2) is 0 Å². The smallest absolute Gasteiger partial charge is 0.255 e. The maximum absolute atomic E-state index is 11.7. The van der Waals surface area contributed by atoms with Crippen LogP contribution in [0.3, 0.4) is 0 Å². The van der Waals surface area contributed by atoms with Gasteiger partial charge in [0, 0.05) is 18.0 Å². The van der Waals surface area contributed by atoms with Gasteiger partial charge in [0.25, 0.3) is 5.56 Å². The zero-order valence-corrected chi connectivity index (χ0v) is 8.68. The summed E-state index contributed by atoms with van der Waals surface area (Å²) in [6, 6.07) is 13.2. The van der Waals surface area contributed by atoms with E-state index in [1.54, 1.807) is 10.6 Å². The highest BCUT2D eigenvalue weighted by Gasteiger charge is 1.99. The lowest BCUT2D eigenvalue weighted by Gasteiger charge is -2.06. The fraction of sp³-hybridized carbons (Fsp3) is 0.0833. The lowest BCUT2D eigenvalue weighted by Crippen LogP contribution is -2.16. The third-order valence-electron chi connectivity index (χ3n) is 2.41. The van der Waals surface area contributed by atoms with Gasteiger partial charge in [0.2, 0.25) is 0 Å². The summed E-state index contributed by atoms with van der Waals surface area (Å²) in [5, 5.41) is 0. The summed E-state index contributed by atoms with van der Waals surface area (Å²) in [5.74, 6) is 0. The molecule has 0 unspecified atom stereocenters. The second kappa shape index (κ2) is 4.17. The molecule has 0 aliphatic carbocycles. The SMILES string of the molecule is BCc1ccc(=O)n(-c2ccccc2)c1. The van der Waals surface area contributed by atoms with Crippen molar-refractivity contribution >= 4 is 7.85 Å². The van der Waals surface area contributed by atoms with Gasteiger partial charge in [0.15, 0.2) is 0 Å². The first-order chi connectivity index (χ1) is 7.31. The Balaban J connectivity index is 2.57. The topological polar surface area (TPSA) is 22.0 Å². The third kappa shape index (κ3) is 2.01. The van der Waals surface area contributed by atoms with Gasteiger partial charge in [-0.3, -0.25) is 9.36 Å². The Morgan fingerprint density at radius 3 is 2.47 bits per heavy atom. The average Bonchev–Trinajstić information content (AvgIpc) is 2.31. The summed E-state index contributed by atoms with van der Waals surface area (Å²) in [7, 11) is 2.08. The fourth-order valence-electron chi connectivity index (χ4n) is 1.53. The van der Waals surface area contributed by atoms with E-state index in [0.29, 0.717) is 0 Å². The number of rotatable bonds is 2. The normalized spacial score (nSPS) is 10.1. The Morgan fingerprint density at radius 2 is 1.80 bits per heavy atom. The second-order valence-corrected chi connectivity index (χ2v) is 3.43. The van der Waals surface area contributed by atoms with E-state index >= 15 is 0 Å². The molecule has 2 rings (SSSR count). The highest BCUT2D eigenvalue weighted by Crippen LogP contribution is 2.05. The molecule has 1 aromatic carbocycles. The van der Waals surface area contributed by atoms with Gasteiger partial charge in [-0.05, 0) is 17.7 Å². The summed E-state index contributed by atoms with van der Waals surface area (Å²) in [5.41, 5.74) is 2.09. The minimum Gasteiger partial charge on any atom is -0.284 e. The summed E-state index contributed by atoms with van der Waals surface area (Å²) in [6.07, 6.45) is 2.84. The Morgan fingerprint density at radius 1 is 1.07 bits per heavy atom. The summed E-state index contributed by atoms with van der Waals surface area (Å²) in [4.78, 5) is 11.7. The van der Waals surface area contributed by atoms with Crippen molar-refractivity contribution in [2.24, 2.45) is 0 Å². The fourth-order valence-corrected chi connectivity index (χ4v) is 1.53. The average molecular weight is 197 g/mol. The van der Waals surface area contributed by atoms with E-state index in [2.05, 4.69) is 7.85 Å². The van der Waals surface area contributed by atoms with Crippen LogP contribution < -0.4 is 5.56 Å². The highest BCUT2D eigenvalue weighted by molar-refractivity contribution is 6.08. The van der Waals surface area contributed by atoms with Gasteiger partial charge in [-0.1, -0.05) is 30.6 Å². The Labute approximate surface area is 89.6 Å². The van der Waals surface area contributed by atoms with Crippen LogP contribution in [0.4, 0.5) is 0 Å². The molecule has 0 saturated heterocycles. The maximum atomic E-state index is 11.7. The molecule has 2 aromatic rings. The predicted molar refractivity (Wildman–Crippen MR) is 64.3 cm³/mol. The number of aromatic nitrogens is 1. The van der Waals surface area contributed by atoms with Crippen LogP contribution in [0.2, 0.25) is 0 Å². The minimum absolute atomic E-state index is 0.0124. The molecule has 1 heterocycles. The molecule has 0 aliphatic rings. The van der Waals surface area contributed by atoms with Crippen molar-refractivity contribution < 1.29 is 0 Å². The van der Waals surface area contributed by atoms with E-state index in [1.807, 2.05) is 42.6 Å². The van der Waals surface area contributed by atoms with E-state index in [0.717, 1.165) is 12.0 Å². The van der Waals surface area contributed by atoms with Crippen molar-refractivity contribution in [3.8, 4) is 5.69 Å². The third-order valence-corrected chi connectivity index (χ3v) is 2.41. The number of para-hydroxylation sites is 1. The Hall–Kier alpha value is -1.77. The number of pyridine rings is 1. The first kappa shape index (κ1) is 9.78. The zero-order valence-electron chi connectivity index (χ0n) is 8.68. The van der Waals surface area contributed by atoms with Crippen LogP contribution in [0, 0.1) is 0 Å². The van der Waals surface area contributed by atoms with Crippen LogP contribution in [-0.2, 0) is 6.32 Å². The lowest BCUT2D eigenvalue weighted by molar-refractivity contribution is 0.973. The van der Waals surface area contributed by atoms with E-state index in [4.69, 9.17) is 0 Å². The van der Waals surface area contributed by atoms with Crippen molar-refractivity contribution in [2.45, 2.75) is 6.32 Å². The van der Waals surface area contributed by atoms with Crippen LogP contribution in [0.1, 0.15) is 5.56 Å². The molecule has 15 heavy (non-hydrogen) atoms. The van der Waals surface area contributed by atoms with Gasteiger partial charge in [0.05, 0.1) is 0 Å². The van der Waals surface area contributed by atoms with Crippen LogP contribution in [-0.4, -0.2) is 12.4 Å². The molecule has 2 nitrogen and oxygen atoms in total. The first-order valence-electron chi connectivity index (χ1n) is 5.08. The van der Waals surface area contributed by atoms with Crippen LogP contribution >= 0.6 is 0 Å². The van der Waals surface area contributed by atoms with Gasteiger partial charge in [-0.2, -0.15) is 0 Å². The number of benzene rings is 1. The largest absolute Gasteiger partial charge is 0.284 e. The molecule has 0 saturated carbocycles. The molecule has 0 amide bonds. The van der Waals surface area contributed by atoms with E-state index < -0.39 is 0 Å². The van der Waals surface area contributed by atoms with Crippen molar-refractivity contribution in [1.29, 1.82) is 0 Å². The molecule has 0 bridgehead atoms. The summed E-state index contributed by atoms with van der Waals surface area (Å²) < 4.78 is 1.68. The molecular weight excluding hydrogens is 185 g/mol. The van der Waals surface area contributed by atoms with Gasteiger partial charge in [0.1, 0.15) is 7.85 Å². The molecule has 0 N–H and O–H groups in total. The standard InChI is InChI=1S/C12H12BNO/c13-8-10-6-7-12(15)14(9-10)11-4-2-1-3-5-11/h1-7,9H,8,13H2. The predicted octanol–water partition coefficient (Wildman–Crippen LogP) is 0.971. The first-order valence-corrected chi connectivity index (χ1v) is 5.08. The minimum atomic E-state index is 0.0124. The monoisotopic (exact) mass is 197 g/mol. The zero-order chi connectivity index (χ0) is 10.7. The molecule has 0 aliphatic heterocycles. The van der Waals surface area contributed by atoms with Crippen molar-refractivity contribution in [1.82, 2.24) is 4.57 Å². The van der Waals surface area contributed by atoms with E-state index in [9.17, 15) is 4.79 Å². The van der Waals surface area contributed by atoms with Crippen molar-refractivity contribution in [3.05, 3.63) is 64.6 Å². The highest BCUT2D eigenvalue weighted by atomic mass is 16.1. The van der Waals surface area contributed by atoms with Gasteiger partial charge in [-0.15, -0.1) is 0 Å². The van der Waals surface area contributed by atoms with Gasteiger partial charge >= 0.3 is 0 Å². The Bertz CT molecular complexity index is 505. The molecule has 74 valence electrons. The number of hydrogen-bond acceptors (Lipinski definition) is 1. The van der Waals surface area contributed by atoms with Crippen LogP contribution in [0.5, 0.6) is 0 Å². The van der Waals surface area contributed by atoms with Gasteiger partial charge < -0.3 is 0 Å². The van der Waals surface area contributed by atoms with Crippen molar-refractivity contribution in [3.63, 3.8) is 0 Å². The second-order valence-electron chi connectivity index (χ2n) is 3.43. The van der Waals surface area contributed by atoms with Crippen molar-refractivity contribution in [2.75, 3.05) is 0 Å². The van der Waals surface area contributed by atoms with Crippen LogP contribution in [0.25, 0.3) is 5.69 Å². The molecule has 1 aromatic heterocycles. The molecular formula is C12H12BNO. The number of nitrogens with zero attached hydrogens (tertiary/aromatic N) is 1. The summed E-state index contributed by atoms with van der Waals surface area (Å²) in [6.45, 7) is 0. The molecule has 0 spiro atoms. The van der Waals surface area contributed by atoms with E-state index in [-0.39, 0.29) is 5.56 Å². The number of hydrogen-bond donors (Lipinski definition) is 0. The Kier molecular flexibility index (Phi) is 2.72. The van der Waals surface area contributed by atoms with Crippen LogP contribution in [0.15, 0.2) is 53.5 Å². The summed E-state index contributed by atoms with van der Waals surface area (Å²) >= 11 is 0. The maximum Gasteiger partial charge on any atom is 0.255 e. The lowest BCUT2D eigenvalue weighted by atomic mass is 9.98. The molecule has 0 fully saturated rings. The molecule has 0 atom stereocenters. The molecule has 3 heteroatoms. The van der Waals surface area contributed by atoms with E-state index in [1.165, 1.54) is 5.56 Å².